The van der Waals surface area contributed by atoms with Gasteiger partial charge in [0.05, 0.1) is 18.1 Å². The van der Waals surface area contributed by atoms with E-state index in [-0.39, 0.29) is 11.8 Å². The van der Waals surface area contributed by atoms with Crippen molar-refractivity contribution < 1.29 is 19.1 Å². The second-order valence-electron chi connectivity index (χ2n) is 7.19. The van der Waals surface area contributed by atoms with E-state index in [1.807, 2.05) is 30.3 Å². The molecule has 1 N–H and O–H groups in total. The molecule has 1 saturated heterocycles. The van der Waals surface area contributed by atoms with E-state index in [0.29, 0.717) is 49.0 Å². The average molecular weight is 420 g/mol. The third-order valence-electron chi connectivity index (χ3n) is 5.24. The van der Waals surface area contributed by atoms with Gasteiger partial charge in [-0.2, -0.15) is 0 Å². The monoisotopic (exact) mass is 420 g/mol. The Morgan fingerprint density at radius 2 is 1.77 bits per heavy atom. The molecule has 0 bridgehead atoms. The predicted octanol–water partition coefficient (Wildman–Crippen LogP) is 4.03. The Morgan fingerprint density at radius 3 is 2.57 bits per heavy atom. The first-order valence-electron chi connectivity index (χ1n) is 9.82. The molecule has 2 aliphatic heterocycles. The Labute approximate surface area is 178 Å². The van der Waals surface area contributed by atoms with Gasteiger partial charge in [0.25, 0.3) is 11.8 Å². The number of amides is 2. The number of nitrogens with one attached hydrogen (secondary N) is 1. The fourth-order valence-corrected chi connectivity index (χ4v) is 4.74. The number of carbonyl (C=O) groups excluding carboxylic acids is 2. The zero-order chi connectivity index (χ0) is 20.5. The van der Waals surface area contributed by atoms with Crippen molar-refractivity contribution in [3.63, 3.8) is 0 Å². The van der Waals surface area contributed by atoms with Crippen LogP contribution in [0.25, 0.3) is 10.4 Å². The van der Waals surface area contributed by atoms with Crippen LogP contribution in [0.2, 0.25) is 0 Å². The van der Waals surface area contributed by atoms with Crippen molar-refractivity contribution in [3.8, 4) is 16.2 Å². The van der Waals surface area contributed by atoms with Crippen LogP contribution in [-0.4, -0.2) is 43.0 Å². The summed E-state index contributed by atoms with van der Waals surface area (Å²) >= 11 is 1.47. The van der Waals surface area contributed by atoms with Crippen molar-refractivity contribution in [2.45, 2.75) is 6.61 Å². The molecule has 2 aliphatic rings. The molecule has 1 fully saturated rings. The summed E-state index contributed by atoms with van der Waals surface area (Å²) in [6.45, 7) is 2.81. The number of morpholine rings is 1. The quantitative estimate of drug-likeness (QED) is 0.695. The minimum atomic E-state index is -0.167. The molecular weight excluding hydrogens is 400 g/mol. The summed E-state index contributed by atoms with van der Waals surface area (Å²) in [5.41, 5.74) is 3.31. The maximum atomic E-state index is 12.8. The second kappa shape index (κ2) is 7.93. The number of benzene rings is 2. The number of para-hydroxylation sites is 1. The van der Waals surface area contributed by atoms with Crippen molar-refractivity contribution in [2.75, 3.05) is 31.6 Å². The molecule has 5 rings (SSSR count). The second-order valence-corrected chi connectivity index (χ2v) is 8.24. The molecule has 3 heterocycles. The van der Waals surface area contributed by atoms with Crippen LogP contribution >= 0.6 is 11.3 Å². The topological polar surface area (TPSA) is 67.9 Å². The highest BCUT2D eigenvalue weighted by molar-refractivity contribution is 7.17. The van der Waals surface area contributed by atoms with Gasteiger partial charge in [0, 0.05) is 40.3 Å². The van der Waals surface area contributed by atoms with Gasteiger partial charge in [0.15, 0.2) is 0 Å². The summed E-state index contributed by atoms with van der Waals surface area (Å²) in [5, 5.41) is 2.92. The normalized spacial score (nSPS) is 15.0. The molecule has 0 radical (unpaired) electrons. The van der Waals surface area contributed by atoms with Crippen LogP contribution in [0.15, 0.2) is 54.6 Å². The van der Waals surface area contributed by atoms with Gasteiger partial charge < -0.3 is 19.7 Å². The fraction of sp³-hybridized carbons (Fsp3) is 0.217. The molecule has 3 aromatic rings. The van der Waals surface area contributed by atoms with Gasteiger partial charge in [-0.1, -0.05) is 12.1 Å². The molecule has 2 amide bonds. The molecular formula is C23H20N2O4S. The number of ether oxygens (including phenoxy) is 2. The lowest BCUT2D eigenvalue weighted by Gasteiger charge is -2.26. The first-order valence-corrected chi connectivity index (χ1v) is 10.6. The van der Waals surface area contributed by atoms with Gasteiger partial charge in [0.2, 0.25) is 0 Å². The van der Waals surface area contributed by atoms with Gasteiger partial charge >= 0.3 is 0 Å². The Hall–Kier alpha value is -3.16. The van der Waals surface area contributed by atoms with Gasteiger partial charge in [-0.3, -0.25) is 9.59 Å². The van der Waals surface area contributed by atoms with Crippen LogP contribution in [0.1, 0.15) is 25.6 Å². The third-order valence-corrected chi connectivity index (χ3v) is 6.45. The third kappa shape index (κ3) is 3.58. The number of fused-ring (bicyclic) bond motifs is 3. The van der Waals surface area contributed by atoms with E-state index in [4.69, 9.17) is 9.47 Å². The molecule has 0 unspecified atom stereocenters. The lowest BCUT2D eigenvalue weighted by molar-refractivity contribution is 0.0303. The van der Waals surface area contributed by atoms with Crippen molar-refractivity contribution in [1.29, 1.82) is 0 Å². The average Bonchev–Trinajstić information content (AvgIpc) is 3.25. The molecule has 1 aromatic heterocycles. The number of thiophene rings is 1. The highest BCUT2D eigenvalue weighted by Crippen LogP contribution is 2.42. The van der Waals surface area contributed by atoms with Crippen molar-refractivity contribution in [2.24, 2.45) is 0 Å². The highest BCUT2D eigenvalue weighted by atomic mass is 32.1. The maximum absolute atomic E-state index is 12.8. The van der Waals surface area contributed by atoms with Gasteiger partial charge in [-0.25, -0.2) is 0 Å². The van der Waals surface area contributed by atoms with Crippen LogP contribution in [0.3, 0.4) is 0 Å². The lowest BCUT2D eigenvalue weighted by atomic mass is 10.1. The largest absolute Gasteiger partial charge is 0.488 e. The number of nitrogens with zero attached hydrogens (tertiary/aromatic N) is 1. The summed E-state index contributed by atoms with van der Waals surface area (Å²) in [6.07, 6.45) is 0. The van der Waals surface area contributed by atoms with Gasteiger partial charge in [-0.15, -0.1) is 11.3 Å². The van der Waals surface area contributed by atoms with E-state index >= 15 is 0 Å². The SMILES string of the molecule is O=C(Nc1ccc(C(=O)N2CCOCC2)cc1)c1cc2c(s1)-c1ccccc1OC2. The van der Waals surface area contributed by atoms with E-state index in [2.05, 4.69) is 5.32 Å². The minimum absolute atomic E-state index is 0.0132. The maximum Gasteiger partial charge on any atom is 0.265 e. The molecule has 30 heavy (non-hydrogen) atoms. The first kappa shape index (κ1) is 18.8. The first-order chi connectivity index (χ1) is 14.7. The van der Waals surface area contributed by atoms with Gasteiger partial charge in [-0.05, 0) is 42.5 Å². The van der Waals surface area contributed by atoms with Crippen molar-refractivity contribution in [3.05, 3.63) is 70.6 Å². The molecule has 2 aromatic carbocycles. The molecule has 7 heteroatoms. The minimum Gasteiger partial charge on any atom is -0.488 e. The molecule has 0 aliphatic carbocycles. The zero-order valence-corrected chi connectivity index (χ0v) is 17.0. The highest BCUT2D eigenvalue weighted by Gasteiger charge is 2.23. The van der Waals surface area contributed by atoms with E-state index in [1.54, 1.807) is 29.2 Å². The summed E-state index contributed by atoms with van der Waals surface area (Å²) < 4.78 is 11.1. The Morgan fingerprint density at radius 1 is 1.00 bits per heavy atom. The van der Waals surface area contributed by atoms with Crippen LogP contribution in [0, 0.1) is 0 Å². The van der Waals surface area contributed by atoms with E-state index in [1.165, 1.54) is 11.3 Å². The number of hydrogen-bond donors (Lipinski definition) is 1. The number of anilines is 1. The van der Waals surface area contributed by atoms with Crippen LogP contribution < -0.4 is 10.1 Å². The molecule has 0 saturated carbocycles. The molecule has 0 atom stereocenters. The lowest BCUT2D eigenvalue weighted by Crippen LogP contribution is -2.40. The Balaban J connectivity index is 1.29. The standard InChI is InChI=1S/C23H20N2O4S/c26-22(20-13-16-14-29-19-4-2-1-3-18(19)21(16)30-20)24-17-7-5-15(6-8-17)23(27)25-9-11-28-12-10-25/h1-8,13H,9-12,14H2,(H,24,26). The molecule has 6 nitrogen and oxygen atoms in total. The molecule has 0 spiro atoms. The van der Waals surface area contributed by atoms with E-state index in [0.717, 1.165) is 21.8 Å². The summed E-state index contributed by atoms with van der Waals surface area (Å²) in [5.74, 6) is 0.666. The van der Waals surface area contributed by atoms with Crippen molar-refractivity contribution in [1.82, 2.24) is 4.90 Å². The predicted molar refractivity (Wildman–Crippen MR) is 115 cm³/mol. The summed E-state index contributed by atoms with van der Waals surface area (Å²) in [4.78, 5) is 28.8. The summed E-state index contributed by atoms with van der Waals surface area (Å²) in [7, 11) is 0. The van der Waals surface area contributed by atoms with Gasteiger partial charge in [0.1, 0.15) is 12.4 Å². The Kier molecular flexibility index (Phi) is 4.98. The number of hydrogen-bond acceptors (Lipinski definition) is 5. The zero-order valence-electron chi connectivity index (χ0n) is 16.2. The van der Waals surface area contributed by atoms with E-state index < -0.39 is 0 Å². The number of carbonyl (C=O) groups is 2. The van der Waals surface area contributed by atoms with Crippen LogP contribution in [-0.2, 0) is 11.3 Å². The van der Waals surface area contributed by atoms with E-state index in [9.17, 15) is 9.59 Å². The number of rotatable bonds is 3. The molecule has 152 valence electrons. The van der Waals surface area contributed by atoms with Crippen LogP contribution in [0.4, 0.5) is 5.69 Å². The Bertz CT molecular complexity index is 1100. The van der Waals surface area contributed by atoms with Crippen molar-refractivity contribution >= 4 is 28.8 Å². The smallest absolute Gasteiger partial charge is 0.265 e. The summed E-state index contributed by atoms with van der Waals surface area (Å²) in [6, 6.07) is 16.8. The fourth-order valence-electron chi connectivity index (χ4n) is 3.65. The van der Waals surface area contributed by atoms with Crippen LogP contribution in [0.5, 0.6) is 5.75 Å².